The SMILES string of the molecule is CC(C)CC(CO)CCCS(C)(=O)=O. The number of sulfone groups is 1. The van der Waals surface area contributed by atoms with E-state index in [1.165, 1.54) is 6.26 Å². The third-order valence-electron chi connectivity index (χ3n) is 2.19. The number of hydrogen-bond donors (Lipinski definition) is 1. The molecule has 1 unspecified atom stereocenters. The summed E-state index contributed by atoms with van der Waals surface area (Å²) in [6.07, 6.45) is 3.70. The fourth-order valence-corrected chi connectivity index (χ4v) is 2.28. The third kappa shape index (κ3) is 8.51. The summed E-state index contributed by atoms with van der Waals surface area (Å²) in [6, 6.07) is 0. The van der Waals surface area contributed by atoms with Crippen LogP contribution in [-0.2, 0) is 9.84 Å². The fourth-order valence-electron chi connectivity index (χ4n) is 1.58. The Bertz CT molecular complexity index is 232. The molecule has 0 aromatic carbocycles. The van der Waals surface area contributed by atoms with Gasteiger partial charge >= 0.3 is 0 Å². The second-order valence-electron chi connectivity index (χ2n) is 4.45. The number of rotatable bonds is 7. The molecule has 0 radical (unpaired) electrons. The Morgan fingerprint density at radius 3 is 2.21 bits per heavy atom. The van der Waals surface area contributed by atoms with Crippen LogP contribution < -0.4 is 0 Å². The molecular weight excluding hydrogens is 200 g/mol. The number of aliphatic hydroxyl groups excluding tert-OH is 1. The summed E-state index contributed by atoms with van der Waals surface area (Å²) in [7, 11) is -2.84. The van der Waals surface area contributed by atoms with Gasteiger partial charge in [0, 0.05) is 18.6 Å². The lowest BCUT2D eigenvalue weighted by atomic mass is 9.94. The summed E-state index contributed by atoms with van der Waals surface area (Å²) < 4.78 is 21.7. The van der Waals surface area contributed by atoms with Crippen molar-refractivity contribution in [1.82, 2.24) is 0 Å². The second-order valence-corrected chi connectivity index (χ2v) is 6.71. The first kappa shape index (κ1) is 13.9. The fraction of sp³-hybridized carbons (Fsp3) is 1.00. The molecule has 0 spiro atoms. The minimum atomic E-state index is -2.84. The molecule has 0 amide bonds. The van der Waals surface area contributed by atoms with Crippen LogP contribution in [0.5, 0.6) is 0 Å². The van der Waals surface area contributed by atoms with E-state index in [0.29, 0.717) is 12.3 Å². The van der Waals surface area contributed by atoms with E-state index in [2.05, 4.69) is 13.8 Å². The number of hydrogen-bond acceptors (Lipinski definition) is 3. The molecule has 0 saturated carbocycles. The Kier molecular flexibility index (Phi) is 6.36. The van der Waals surface area contributed by atoms with Crippen molar-refractivity contribution < 1.29 is 13.5 Å². The van der Waals surface area contributed by atoms with E-state index in [1.54, 1.807) is 0 Å². The Morgan fingerprint density at radius 2 is 1.86 bits per heavy atom. The van der Waals surface area contributed by atoms with Gasteiger partial charge < -0.3 is 5.11 Å². The van der Waals surface area contributed by atoms with Gasteiger partial charge in [0.25, 0.3) is 0 Å². The van der Waals surface area contributed by atoms with Crippen LogP contribution in [0.15, 0.2) is 0 Å². The lowest BCUT2D eigenvalue weighted by molar-refractivity contribution is 0.197. The average molecular weight is 222 g/mol. The molecule has 1 atom stereocenters. The second kappa shape index (κ2) is 6.40. The maximum Gasteiger partial charge on any atom is 0.147 e. The largest absolute Gasteiger partial charge is 0.396 e. The minimum absolute atomic E-state index is 0.169. The Morgan fingerprint density at radius 1 is 1.29 bits per heavy atom. The molecule has 0 heterocycles. The van der Waals surface area contributed by atoms with E-state index < -0.39 is 9.84 Å². The van der Waals surface area contributed by atoms with Gasteiger partial charge in [-0.2, -0.15) is 0 Å². The molecule has 0 aliphatic rings. The predicted molar refractivity (Wildman–Crippen MR) is 59.0 cm³/mol. The topological polar surface area (TPSA) is 54.4 Å². The van der Waals surface area contributed by atoms with Crippen molar-refractivity contribution >= 4 is 9.84 Å². The summed E-state index contributed by atoms with van der Waals surface area (Å²) in [5, 5.41) is 9.05. The highest BCUT2D eigenvalue weighted by Gasteiger charge is 2.11. The van der Waals surface area contributed by atoms with Crippen molar-refractivity contribution in [2.45, 2.75) is 33.1 Å². The van der Waals surface area contributed by atoms with Crippen molar-refractivity contribution in [3.05, 3.63) is 0 Å². The quantitative estimate of drug-likeness (QED) is 0.709. The standard InChI is InChI=1S/C10H22O3S/c1-9(2)7-10(8-11)5-4-6-14(3,12)13/h9-11H,4-8H2,1-3H3. The first-order chi connectivity index (χ1) is 6.35. The van der Waals surface area contributed by atoms with E-state index in [4.69, 9.17) is 5.11 Å². The van der Waals surface area contributed by atoms with E-state index in [0.717, 1.165) is 12.8 Å². The van der Waals surface area contributed by atoms with Gasteiger partial charge in [0.2, 0.25) is 0 Å². The Labute approximate surface area is 87.4 Å². The summed E-state index contributed by atoms with van der Waals surface area (Å²) >= 11 is 0. The molecule has 1 N–H and O–H groups in total. The highest BCUT2D eigenvalue weighted by molar-refractivity contribution is 7.90. The van der Waals surface area contributed by atoms with Gasteiger partial charge in [0.1, 0.15) is 9.84 Å². The van der Waals surface area contributed by atoms with Crippen molar-refractivity contribution in [3.8, 4) is 0 Å². The first-order valence-corrected chi connectivity index (χ1v) is 7.19. The molecule has 0 aromatic rings. The maximum absolute atomic E-state index is 10.9. The Hall–Kier alpha value is -0.0900. The molecule has 0 fully saturated rings. The molecule has 86 valence electrons. The van der Waals surface area contributed by atoms with Gasteiger partial charge in [0.05, 0.1) is 0 Å². The van der Waals surface area contributed by atoms with Crippen LogP contribution in [0.25, 0.3) is 0 Å². The van der Waals surface area contributed by atoms with E-state index in [-0.39, 0.29) is 18.3 Å². The van der Waals surface area contributed by atoms with Gasteiger partial charge in [-0.3, -0.25) is 0 Å². The smallest absolute Gasteiger partial charge is 0.147 e. The third-order valence-corrected chi connectivity index (χ3v) is 3.22. The molecule has 0 bridgehead atoms. The zero-order valence-corrected chi connectivity index (χ0v) is 10.2. The van der Waals surface area contributed by atoms with Crippen molar-refractivity contribution in [1.29, 1.82) is 0 Å². The summed E-state index contributed by atoms with van der Waals surface area (Å²) in [5.74, 6) is 1.06. The molecule has 0 aliphatic carbocycles. The van der Waals surface area contributed by atoms with Crippen molar-refractivity contribution in [2.75, 3.05) is 18.6 Å². The van der Waals surface area contributed by atoms with Gasteiger partial charge in [-0.05, 0) is 31.1 Å². The molecule has 0 aliphatic heterocycles. The van der Waals surface area contributed by atoms with Gasteiger partial charge in [-0.15, -0.1) is 0 Å². The lowest BCUT2D eigenvalue weighted by Gasteiger charge is -2.15. The molecule has 4 heteroatoms. The van der Waals surface area contributed by atoms with Crippen LogP contribution in [0, 0.1) is 11.8 Å². The zero-order valence-electron chi connectivity index (χ0n) is 9.36. The highest BCUT2D eigenvalue weighted by atomic mass is 32.2. The normalized spacial score (nSPS) is 14.6. The first-order valence-electron chi connectivity index (χ1n) is 5.13. The number of aliphatic hydroxyl groups is 1. The van der Waals surface area contributed by atoms with Gasteiger partial charge in [0.15, 0.2) is 0 Å². The van der Waals surface area contributed by atoms with E-state index in [9.17, 15) is 8.42 Å². The molecule has 0 aromatic heterocycles. The highest BCUT2D eigenvalue weighted by Crippen LogP contribution is 2.16. The van der Waals surface area contributed by atoms with Gasteiger partial charge in [-0.1, -0.05) is 13.8 Å². The molecule has 0 saturated heterocycles. The van der Waals surface area contributed by atoms with E-state index in [1.807, 2.05) is 0 Å². The lowest BCUT2D eigenvalue weighted by Crippen LogP contribution is -2.12. The van der Waals surface area contributed by atoms with Gasteiger partial charge in [-0.25, -0.2) is 8.42 Å². The minimum Gasteiger partial charge on any atom is -0.396 e. The van der Waals surface area contributed by atoms with Crippen LogP contribution >= 0.6 is 0 Å². The molecule has 14 heavy (non-hydrogen) atoms. The van der Waals surface area contributed by atoms with Crippen LogP contribution in [0.2, 0.25) is 0 Å². The van der Waals surface area contributed by atoms with Crippen LogP contribution in [0.3, 0.4) is 0 Å². The Balaban J connectivity index is 3.74. The van der Waals surface area contributed by atoms with Crippen LogP contribution in [0.1, 0.15) is 33.1 Å². The molecule has 0 rings (SSSR count). The van der Waals surface area contributed by atoms with Crippen LogP contribution in [0.4, 0.5) is 0 Å². The molecule has 3 nitrogen and oxygen atoms in total. The predicted octanol–water partition coefficient (Wildman–Crippen LogP) is 1.47. The van der Waals surface area contributed by atoms with Crippen molar-refractivity contribution in [2.24, 2.45) is 11.8 Å². The zero-order chi connectivity index (χ0) is 11.2. The average Bonchev–Trinajstić information content (AvgIpc) is 1.99. The summed E-state index contributed by atoms with van der Waals surface area (Å²) in [6.45, 7) is 4.39. The van der Waals surface area contributed by atoms with E-state index >= 15 is 0 Å². The summed E-state index contributed by atoms with van der Waals surface area (Å²) in [5.41, 5.74) is 0. The maximum atomic E-state index is 10.9. The van der Waals surface area contributed by atoms with Crippen molar-refractivity contribution in [3.63, 3.8) is 0 Å². The van der Waals surface area contributed by atoms with Crippen LogP contribution in [-0.4, -0.2) is 32.1 Å². The summed E-state index contributed by atoms with van der Waals surface area (Å²) in [4.78, 5) is 0. The molecular formula is C10H22O3S. The monoisotopic (exact) mass is 222 g/mol.